The number of nitrogens with one attached hydrogen (secondary N) is 1. The molecule has 8 nitrogen and oxygen atoms in total. The number of benzene rings is 2. The molecule has 3 heterocycles. The number of allylic oxidation sites excluding steroid dienone is 1. The highest BCUT2D eigenvalue weighted by Crippen LogP contribution is 2.35. The molecule has 0 saturated carbocycles. The Balaban J connectivity index is 1.45. The van der Waals surface area contributed by atoms with Gasteiger partial charge in [-0.2, -0.15) is 5.26 Å². The van der Waals surface area contributed by atoms with E-state index in [1.165, 1.54) is 0 Å². The van der Waals surface area contributed by atoms with Crippen molar-refractivity contribution in [3.63, 3.8) is 0 Å². The van der Waals surface area contributed by atoms with Gasteiger partial charge < -0.3 is 14.3 Å². The highest BCUT2D eigenvalue weighted by molar-refractivity contribution is 5.89. The first-order chi connectivity index (χ1) is 16.1. The number of anilines is 1. The smallest absolute Gasteiger partial charge is 0.293 e. The molecular formula is C25H21N5O3. The summed E-state index contributed by atoms with van der Waals surface area (Å²) in [6.45, 7) is 1.66. The largest absolute Gasteiger partial charge is 0.457 e. The second-order valence-corrected chi connectivity index (χ2v) is 7.98. The van der Waals surface area contributed by atoms with Crippen molar-refractivity contribution in [1.29, 1.82) is 5.26 Å². The van der Waals surface area contributed by atoms with Gasteiger partial charge in [0, 0.05) is 30.8 Å². The summed E-state index contributed by atoms with van der Waals surface area (Å²) in [5, 5.41) is 21.4. The second-order valence-electron chi connectivity index (χ2n) is 7.98. The maximum absolute atomic E-state index is 11.8. The topological polar surface area (TPSA) is 112 Å². The van der Waals surface area contributed by atoms with E-state index in [2.05, 4.69) is 20.9 Å². The van der Waals surface area contributed by atoms with Crippen LogP contribution in [0.15, 0.2) is 59.0 Å². The average molecular weight is 439 g/mol. The van der Waals surface area contributed by atoms with Gasteiger partial charge in [-0.1, -0.05) is 12.1 Å². The van der Waals surface area contributed by atoms with Gasteiger partial charge in [0.25, 0.3) is 5.69 Å². The van der Waals surface area contributed by atoms with Crippen molar-refractivity contribution in [3.8, 4) is 17.4 Å². The number of piperidine rings is 1. The SMILES string of the molecule is N#C/C(=C/c1ccc(-c2ccc(N3CCCCC3)c([N+](=O)[O-])c2)o1)c1nc2ccccc2[nH]1. The number of aromatic nitrogens is 2. The van der Waals surface area contributed by atoms with Crippen LogP contribution in [0.3, 0.4) is 0 Å². The van der Waals surface area contributed by atoms with Crippen molar-refractivity contribution in [2.24, 2.45) is 0 Å². The predicted octanol–water partition coefficient (Wildman–Crippen LogP) is 5.79. The number of nitro groups is 1. The molecule has 0 unspecified atom stereocenters. The number of aromatic amines is 1. The quantitative estimate of drug-likeness (QED) is 0.239. The van der Waals surface area contributed by atoms with Crippen molar-refractivity contribution in [1.82, 2.24) is 9.97 Å². The van der Waals surface area contributed by atoms with Crippen molar-refractivity contribution in [2.45, 2.75) is 19.3 Å². The Kier molecular flexibility index (Phi) is 5.37. The Labute approximate surface area is 189 Å². The van der Waals surface area contributed by atoms with E-state index in [1.807, 2.05) is 30.3 Å². The molecule has 0 amide bonds. The van der Waals surface area contributed by atoms with Crippen LogP contribution in [-0.2, 0) is 0 Å². The molecule has 5 rings (SSSR count). The Hall–Kier alpha value is -4.38. The second kappa shape index (κ2) is 8.63. The number of imidazole rings is 1. The minimum atomic E-state index is -0.341. The van der Waals surface area contributed by atoms with E-state index < -0.39 is 0 Å². The van der Waals surface area contributed by atoms with Crippen LogP contribution in [0.1, 0.15) is 30.8 Å². The number of hydrogen-bond donors (Lipinski definition) is 1. The van der Waals surface area contributed by atoms with Crippen LogP contribution in [0.25, 0.3) is 34.0 Å². The molecule has 2 aromatic heterocycles. The van der Waals surface area contributed by atoms with Gasteiger partial charge in [0.1, 0.15) is 29.1 Å². The summed E-state index contributed by atoms with van der Waals surface area (Å²) in [7, 11) is 0. The van der Waals surface area contributed by atoms with Gasteiger partial charge in [-0.15, -0.1) is 0 Å². The van der Waals surface area contributed by atoms with Crippen LogP contribution >= 0.6 is 0 Å². The Morgan fingerprint density at radius 2 is 1.97 bits per heavy atom. The average Bonchev–Trinajstić information content (AvgIpc) is 3.49. The van der Waals surface area contributed by atoms with E-state index in [4.69, 9.17) is 4.42 Å². The fraction of sp³-hybridized carbons (Fsp3) is 0.200. The van der Waals surface area contributed by atoms with Crippen molar-refractivity contribution < 1.29 is 9.34 Å². The Morgan fingerprint density at radius 1 is 1.15 bits per heavy atom. The predicted molar refractivity (Wildman–Crippen MR) is 126 cm³/mol. The Bertz CT molecular complexity index is 1370. The number of fused-ring (bicyclic) bond motifs is 1. The molecule has 4 aromatic rings. The number of furan rings is 1. The molecule has 0 bridgehead atoms. The highest BCUT2D eigenvalue weighted by Gasteiger charge is 2.22. The molecule has 0 atom stereocenters. The van der Waals surface area contributed by atoms with Crippen LogP contribution in [0.5, 0.6) is 0 Å². The van der Waals surface area contributed by atoms with Gasteiger partial charge in [-0.25, -0.2) is 4.98 Å². The first-order valence-electron chi connectivity index (χ1n) is 10.8. The third-order valence-corrected chi connectivity index (χ3v) is 5.83. The summed E-state index contributed by atoms with van der Waals surface area (Å²) in [5.74, 6) is 1.42. The summed E-state index contributed by atoms with van der Waals surface area (Å²) in [4.78, 5) is 21.1. The molecule has 1 aliphatic rings. The summed E-state index contributed by atoms with van der Waals surface area (Å²) in [5.41, 5.74) is 3.28. The lowest BCUT2D eigenvalue weighted by Crippen LogP contribution is -2.29. The molecular weight excluding hydrogens is 418 g/mol. The molecule has 1 fully saturated rings. The van der Waals surface area contributed by atoms with Crippen LogP contribution < -0.4 is 4.90 Å². The zero-order valence-electron chi connectivity index (χ0n) is 17.8. The van der Waals surface area contributed by atoms with E-state index in [9.17, 15) is 15.4 Å². The third-order valence-electron chi connectivity index (χ3n) is 5.83. The lowest BCUT2D eigenvalue weighted by atomic mass is 10.1. The van der Waals surface area contributed by atoms with Crippen molar-refractivity contribution in [3.05, 3.63) is 76.3 Å². The lowest BCUT2D eigenvalue weighted by molar-refractivity contribution is -0.384. The highest BCUT2D eigenvalue weighted by atomic mass is 16.6. The van der Waals surface area contributed by atoms with Gasteiger partial charge >= 0.3 is 0 Å². The number of para-hydroxylation sites is 2. The molecule has 8 heteroatoms. The van der Waals surface area contributed by atoms with Crippen molar-refractivity contribution in [2.75, 3.05) is 18.0 Å². The van der Waals surface area contributed by atoms with E-state index in [1.54, 1.807) is 30.3 Å². The Morgan fingerprint density at radius 3 is 2.73 bits per heavy atom. The molecule has 33 heavy (non-hydrogen) atoms. The molecule has 164 valence electrons. The van der Waals surface area contributed by atoms with Gasteiger partial charge in [0.2, 0.25) is 0 Å². The normalized spacial score (nSPS) is 14.4. The maximum Gasteiger partial charge on any atom is 0.293 e. The van der Waals surface area contributed by atoms with Gasteiger partial charge in [-0.05, 0) is 55.7 Å². The summed E-state index contributed by atoms with van der Waals surface area (Å²) < 4.78 is 5.91. The zero-order valence-corrected chi connectivity index (χ0v) is 17.8. The van der Waals surface area contributed by atoms with Crippen LogP contribution in [0.4, 0.5) is 11.4 Å². The lowest BCUT2D eigenvalue weighted by Gasteiger charge is -2.28. The fourth-order valence-electron chi connectivity index (χ4n) is 4.19. The number of rotatable bonds is 5. The first kappa shape index (κ1) is 20.5. The minimum Gasteiger partial charge on any atom is -0.457 e. The van der Waals surface area contributed by atoms with Crippen LogP contribution in [-0.4, -0.2) is 28.0 Å². The van der Waals surface area contributed by atoms with Gasteiger partial charge in [-0.3, -0.25) is 10.1 Å². The van der Waals surface area contributed by atoms with E-state index in [0.717, 1.165) is 43.4 Å². The van der Waals surface area contributed by atoms with E-state index >= 15 is 0 Å². The molecule has 1 aliphatic heterocycles. The van der Waals surface area contributed by atoms with Crippen molar-refractivity contribution >= 4 is 34.1 Å². The van der Waals surface area contributed by atoms with Crippen LogP contribution in [0.2, 0.25) is 0 Å². The molecule has 1 N–H and O–H groups in total. The minimum absolute atomic E-state index is 0.0721. The number of H-pyrrole nitrogens is 1. The number of nitriles is 1. The summed E-state index contributed by atoms with van der Waals surface area (Å²) in [6, 6.07) is 18.4. The number of nitro benzene ring substituents is 1. The third kappa shape index (κ3) is 4.08. The number of nitrogens with zero attached hydrogens (tertiary/aromatic N) is 4. The van der Waals surface area contributed by atoms with Gasteiger partial charge in [0.05, 0.1) is 21.5 Å². The van der Waals surface area contributed by atoms with Crippen LogP contribution in [0, 0.1) is 21.4 Å². The summed E-state index contributed by atoms with van der Waals surface area (Å²) >= 11 is 0. The molecule has 1 saturated heterocycles. The van der Waals surface area contributed by atoms with E-state index in [0.29, 0.717) is 34.2 Å². The maximum atomic E-state index is 11.8. The van der Waals surface area contributed by atoms with E-state index in [-0.39, 0.29) is 10.6 Å². The molecule has 0 radical (unpaired) electrons. The molecule has 2 aromatic carbocycles. The first-order valence-corrected chi connectivity index (χ1v) is 10.8. The molecule has 0 spiro atoms. The molecule has 0 aliphatic carbocycles. The fourth-order valence-corrected chi connectivity index (χ4v) is 4.19. The zero-order chi connectivity index (χ0) is 22.8. The number of hydrogen-bond acceptors (Lipinski definition) is 6. The standard InChI is InChI=1S/C25H21N5O3/c26-16-18(25-27-20-6-2-3-7-21(20)28-25)14-19-9-11-24(33-19)17-8-10-22(23(15-17)30(31)32)29-12-4-1-5-13-29/h2-3,6-11,14-15H,1,4-5,12-13H2,(H,27,28)/b18-14-. The summed E-state index contributed by atoms with van der Waals surface area (Å²) in [6.07, 6.45) is 4.85. The van der Waals surface area contributed by atoms with Gasteiger partial charge in [0.15, 0.2) is 0 Å². The monoisotopic (exact) mass is 439 g/mol.